The van der Waals surface area contributed by atoms with E-state index in [1.165, 1.54) is 0 Å². The number of benzene rings is 2. The van der Waals surface area contributed by atoms with Gasteiger partial charge >= 0.3 is 0 Å². The Balaban J connectivity index is 2.22. The molecule has 0 amide bonds. The molecule has 4 nitrogen and oxygen atoms in total. The maximum absolute atomic E-state index is 9.63. The Bertz CT molecular complexity index is 881. The summed E-state index contributed by atoms with van der Waals surface area (Å²) in [6, 6.07) is 21.6. The van der Waals surface area contributed by atoms with Gasteiger partial charge in [-0.05, 0) is 0 Å². The van der Waals surface area contributed by atoms with Crippen LogP contribution in [-0.4, -0.2) is 16.5 Å². The lowest BCUT2D eigenvalue weighted by Crippen LogP contribution is -2.07. The SMILES string of the molecule is C=CCNc1nc(-c2ccccc2)nc(-c2ccccc2)c1C#N. The summed E-state index contributed by atoms with van der Waals surface area (Å²) in [5.74, 6) is 1.10. The van der Waals surface area contributed by atoms with Gasteiger partial charge in [0.15, 0.2) is 5.82 Å². The summed E-state index contributed by atoms with van der Waals surface area (Å²) in [5.41, 5.74) is 2.84. The number of nitrogens with one attached hydrogen (secondary N) is 1. The van der Waals surface area contributed by atoms with Crippen LogP contribution in [0.4, 0.5) is 5.82 Å². The molecule has 0 spiro atoms. The van der Waals surface area contributed by atoms with Crippen LogP contribution in [0.2, 0.25) is 0 Å². The first-order chi connectivity index (χ1) is 11.8. The minimum absolute atomic E-state index is 0.433. The number of anilines is 1. The molecule has 1 heterocycles. The van der Waals surface area contributed by atoms with Gasteiger partial charge in [-0.2, -0.15) is 5.26 Å². The molecular weight excluding hydrogens is 296 g/mol. The van der Waals surface area contributed by atoms with E-state index in [1.54, 1.807) is 6.08 Å². The highest BCUT2D eigenvalue weighted by Gasteiger charge is 2.16. The third kappa shape index (κ3) is 3.16. The van der Waals surface area contributed by atoms with E-state index in [0.29, 0.717) is 29.4 Å². The predicted molar refractivity (Wildman–Crippen MR) is 96.3 cm³/mol. The third-order valence-electron chi connectivity index (χ3n) is 3.51. The normalized spacial score (nSPS) is 9.96. The van der Waals surface area contributed by atoms with Gasteiger partial charge in [-0.1, -0.05) is 66.7 Å². The van der Waals surface area contributed by atoms with Crippen LogP contribution in [0, 0.1) is 11.3 Å². The summed E-state index contributed by atoms with van der Waals surface area (Å²) in [7, 11) is 0. The van der Waals surface area contributed by atoms with E-state index in [4.69, 9.17) is 0 Å². The quantitative estimate of drug-likeness (QED) is 0.714. The standard InChI is InChI=1S/C20H16N4/c1-2-13-22-20-17(14-21)18(15-9-5-3-6-10-15)23-19(24-20)16-11-7-4-8-12-16/h2-12H,1,13H2,(H,22,23,24). The van der Waals surface area contributed by atoms with Crippen LogP contribution in [0.25, 0.3) is 22.6 Å². The average molecular weight is 312 g/mol. The molecule has 3 rings (SSSR count). The van der Waals surface area contributed by atoms with Crippen LogP contribution in [-0.2, 0) is 0 Å². The molecule has 0 saturated carbocycles. The highest BCUT2D eigenvalue weighted by Crippen LogP contribution is 2.29. The molecule has 24 heavy (non-hydrogen) atoms. The maximum Gasteiger partial charge on any atom is 0.162 e. The van der Waals surface area contributed by atoms with Crippen LogP contribution in [0.1, 0.15) is 5.56 Å². The second-order valence-electron chi connectivity index (χ2n) is 5.13. The first kappa shape index (κ1) is 15.4. The molecule has 0 unspecified atom stereocenters. The van der Waals surface area contributed by atoms with Crippen molar-refractivity contribution in [1.29, 1.82) is 5.26 Å². The van der Waals surface area contributed by atoms with E-state index in [0.717, 1.165) is 11.1 Å². The Morgan fingerprint density at radius 2 is 1.58 bits per heavy atom. The summed E-state index contributed by atoms with van der Waals surface area (Å²) in [4.78, 5) is 9.20. The minimum atomic E-state index is 0.433. The van der Waals surface area contributed by atoms with Crippen molar-refractivity contribution in [1.82, 2.24) is 9.97 Å². The number of nitriles is 1. The van der Waals surface area contributed by atoms with E-state index in [2.05, 4.69) is 27.9 Å². The molecule has 0 fully saturated rings. The number of nitrogens with zero attached hydrogens (tertiary/aromatic N) is 3. The zero-order valence-electron chi connectivity index (χ0n) is 13.1. The van der Waals surface area contributed by atoms with Crippen molar-refractivity contribution in [3.8, 4) is 28.7 Å². The lowest BCUT2D eigenvalue weighted by molar-refractivity contribution is 1.14. The molecule has 0 aliphatic heterocycles. The predicted octanol–water partition coefficient (Wildman–Crippen LogP) is 4.28. The molecule has 0 aliphatic carbocycles. The highest BCUT2D eigenvalue weighted by atomic mass is 15.0. The Hall–Kier alpha value is -3.45. The summed E-state index contributed by atoms with van der Waals surface area (Å²) in [5, 5.41) is 12.8. The zero-order valence-corrected chi connectivity index (χ0v) is 13.1. The Labute approximate surface area is 141 Å². The fraction of sp³-hybridized carbons (Fsp3) is 0.0500. The zero-order chi connectivity index (χ0) is 16.8. The molecule has 116 valence electrons. The molecule has 0 atom stereocenters. The van der Waals surface area contributed by atoms with Gasteiger partial charge in [-0.3, -0.25) is 0 Å². The maximum atomic E-state index is 9.63. The number of hydrogen-bond donors (Lipinski definition) is 1. The van der Waals surface area contributed by atoms with Gasteiger partial charge in [0.05, 0.1) is 5.69 Å². The van der Waals surface area contributed by atoms with Gasteiger partial charge in [-0.25, -0.2) is 9.97 Å². The van der Waals surface area contributed by atoms with E-state index < -0.39 is 0 Å². The monoisotopic (exact) mass is 312 g/mol. The second-order valence-corrected chi connectivity index (χ2v) is 5.13. The van der Waals surface area contributed by atoms with Crippen LogP contribution >= 0.6 is 0 Å². The fourth-order valence-corrected chi connectivity index (χ4v) is 2.38. The van der Waals surface area contributed by atoms with E-state index in [-0.39, 0.29) is 0 Å². The van der Waals surface area contributed by atoms with Gasteiger partial charge in [0, 0.05) is 17.7 Å². The molecule has 3 aromatic rings. The number of aromatic nitrogens is 2. The largest absolute Gasteiger partial charge is 0.365 e. The smallest absolute Gasteiger partial charge is 0.162 e. The third-order valence-corrected chi connectivity index (χ3v) is 3.51. The van der Waals surface area contributed by atoms with E-state index >= 15 is 0 Å². The van der Waals surface area contributed by atoms with Crippen LogP contribution in [0.5, 0.6) is 0 Å². The van der Waals surface area contributed by atoms with Crippen molar-refractivity contribution in [3.63, 3.8) is 0 Å². The average Bonchev–Trinajstić information content (AvgIpc) is 2.67. The van der Waals surface area contributed by atoms with Crippen molar-refractivity contribution < 1.29 is 0 Å². The van der Waals surface area contributed by atoms with E-state index in [9.17, 15) is 5.26 Å². The highest BCUT2D eigenvalue weighted by molar-refractivity contribution is 5.75. The number of hydrogen-bond acceptors (Lipinski definition) is 4. The minimum Gasteiger partial charge on any atom is -0.365 e. The van der Waals surface area contributed by atoms with Gasteiger partial charge in [0.25, 0.3) is 0 Å². The fourth-order valence-electron chi connectivity index (χ4n) is 2.38. The van der Waals surface area contributed by atoms with E-state index in [1.807, 2.05) is 60.7 Å². The van der Waals surface area contributed by atoms with Crippen molar-refractivity contribution in [2.45, 2.75) is 0 Å². The molecular formula is C20H16N4. The van der Waals surface area contributed by atoms with Crippen LogP contribution in [0.15, 0.2) is 73.3 Å². The van der Waals surface area contributed by atoms with Crippen LogP contribution < -0.4 is 5.32 Å². The lowest BCUT2D eigenvalue weighted by atomic mass is 10.1. The molecule has 0 saturated heterocycles. The molecule has 0 aliphatic rings. The van der Waals surface area contributed by atoms with Gasteiger partial charge in [-0.15, -0.1) is 6.58 Å². The molecule has 0 bridgehead atoms. The molecule has 1 N–H and O–H groups in total. The van der Waals surface area contributed by atoms with Gasteiger partial charge in [0.1, 0.15) is 17.5 Å². The second kappa shape index (κ2) is 7.21. The topological polar surface area (TPSA) is 61.6 Å². The first-order valence-electron chi connectivity index (χ1n) is 7.61. The number of rotatable bonds is 5. The summed E-state index contributed by atoms with van der Waals surface area (Å²) in [6.45, 7) is 4.23. The van der Waals surface area contributed by atoms with Crippen molar-refractivity contribution >= 4 is 5.82 Å². The molecule has 4 heteroatoms. The van der Waals surface area contributed by atoms with Crippen molar-refractivity contribution in [2.24, 2.45) is 0 Å². The summed E-state index contributed by atoms with van der Waals surface area (Å²) >= 11 is 0. The molecule has 1 aromatic heterocycles. The van der Waals surface area contributed by atoms with Gasteiger partial charge in [0.2, 0.25) is 0 Å². The Morgan fingerprint density at radius 1 is 0.958 bits per heavy atom. The Morgan fingerprint density at radius 3 is 2.17 bits per heavy atom. The lowest BCUT2D eigenvalue weighted by Gasteiger charge is -2.12. The van der Waals surface area contributed by atoms with Crippen molar-refractivity contribution in [3.05, 3.63) is 78.9 Å². The molecule has 2 aromatic carbocycles. The van der Waals surface area contributed by atoms with Crippen molar-refractivity contribution in [2.75, 3.05) is 11.9 Å². The summed E-state index contributed by atoms with van der Waals surface area (Å²) in [6.07, 6.45) is 1.73. The van der Waals surface area contributed by atoms with Crippen LogP contribution in [0.3, 0.4) is 0 Å². The first-order valence-corrected chi connectivity index (χ1v) is 7.61. The molecule has 0 radical (unpaired) electrons. The van der Waals surface area contributed by atoms with Gasteiger partial charge < -0.3 is 5.32 Å². The Kier molecular flexibility index (Phi) is 4.64. The summed E-state index contributed by atoms with van der Waals surface area (Å²) < 4.78 is 0.